The summed E-state index contributed by atoms with van der Waals surface area (Å²) in [5, 5.41) is 0. The average molecular weight is 294 g/mol. The molecule has 0 unspecified atom stereocenters. The number of nitrogens with two attached hydrogens (primary N) is 1. The predicted molar refractivity (Wildman–Crippen MR) is 74.5 cm³/mol. The van der Waals surface area contributed by atoms with Crippen molar-refractivity contribution in [3.8, 4) is 0 Å². The zero-order valence-electron chi connectivity index (χ0n) is 10.5. The van der Waals surface area contributed by atoms with Crippen LogP contribution in [-0.4, -0.2) is 21.6 Å². The molecule has 1 aromatic rings. The lowest BCUT2D eigenvalue weighted by molar-refractivity contribution is 0.307. The van der Waals surface area contributed by atoms with E-state index in [1.165, 1.54) is 0 Å². The molecule has 0 aliphatic carbocycles. The van der Waals surface area contributed by atoms with Gasteiger partial charge < -0.3 is 5.73 Å². The SMILES string of the molecule is Cc1ccc(S(=O)(=O)OCCCCCN)cc1.Cl. The summed E-state index contributed by atoms with van der Waals surface area (Å²) < 4.78 is 28.4. The number of benzene rings is 1. The van der Waals surface area contributed by atoms with Crippen LogP contribution in [-0.2, 0) is 14.3 Å². The van der Waals surface area contributed by atoms with Gasteiger partial charge in [0.25, 0.3) is 10.1 Å². The fourth-order valence-electron chi connectivity index (χ4n) is 1.36. The quantitative estimate of drug-likeness (QED) is 0.618. The molecule has 1 rings (SSSR count). The first-order valence-electron chi connectivity index (χ1n) is 5.72. The van der Waals surface area contributed by atoms with Crippen LogP contribution >= 0.6 is 12.4 Å². The van der Waals surface area contributed by atoms with Gasteiger partial charge in [0, 0.05) is 0 Å². The molecular formula is C12H20ClNO3S. The molecule has 104 valence electrons. The van der Waals surface area contributed by atoms with Gasteiger partial charge in [-0.25, -0.2) is 0 Å². The maximum absolute atomic E-state index is 11.7. The predicted octanol–water partition coefficient (Wildman–Crippen LogP) is 2.25. The van der Waals surface area contributed by atoms with Crippen LogP contribution in [0.3, 0.4) is 0 Å². The van der Waals surface area contributed by atoms with Crippen molar-refractivity contribution in [2.45, 2.75) is 31.1 Å². The second-order valence-electron chi connectivity index (χ2n) is 3.94. The average Bonchev–Trinajstić information content (AvgIpc) is 2.29. The van der Waals surface area contributed by atoms with E-state index < -0.39 is 10.1 Å². The number of rotatable bonds is 7. The fraction of sp³-hybridized carbons (Fsp3) is 0.500. The van der Waals surface area contributed by atoms with E-state index in [0.717, 1.165) is 18.4 Å². The Morgan fingerprint density at radius 2 is 1.72 bits per heavy atom. The molecule has 2 N–H and O–H groups in total. The Morgan fingerprint density at radius 3 is 2.28 bits per heavy atom. The number of unbranched alkanes of at least 4 members (excludes halogenated alkanes) is 2. The largest absolute Gasteiger partial charge is 0.330 e. The Kier molecular flexibility index (Phi) is 8.18. The van der Waals surface area contributed by atoms with Gasteiger partial charge in [0.2, 0.25) is 0 Å². The van der Waals surface area contributed by atoms with Crippen LogP contribution in [0.2, 0.25) is 0 Å². The fourth-order valence-corrected chi connectivity index (χ4v) is 2.31. The normalized spacial score (nSPS) is 11.0. The molecule has 0 fully saturated rings. The Morgan fingerprint density at radius 1 is 1.11 bits per heavy atom. The summed E-state index contributed by atoms with van der Waals surface area (Å²) in [6.45, 7) is 2.75. The van der Waals surface area contributed by atoms with Crippen molar-refractivity contribution in [2.75, 3.05) is 13.2 Å². The molecule has 0 bridgehead atoms. The number of hydrogen-bond acceptors (Lipinski definition) is 4. The van der Waals surface area contributed by atoms with Gasteiger partial charge in [-0.3, -0.25) is 4.18 Å². The van der Waals surface area contributed by atoms with Gasteiger partial charge in [0.05, 0.1) is 11.5 Å². The van der Waals surface area contributed by atoms with E-state index in [0.29, 0.717) is 13.0 Å². The Balaban J connectivity index is 0.00000289. The second kappa shape index (κ2) is 8.48. The highest BCUT2D eigenvalue weighted by Gasteiger charge is 2.13. The van der Waals surface area contributed by atoms with Crippen molar-refractivity contribution in [3.05, 3.63) is 29.8 Å². The van der Waals surface area contributed by atoms with Gasteiger partial charge >= 0.3 is 0 Å². The molecule has 0 saturated heterocycles. The lowest BCUT2D eigenvalue weighted by atomic mass is 10.2. The van der Waals surface area contributed by atoms with E-state index in [-0.39, 0.29) is 23.9 Å². The van der Waals surface area contributed by atoms with Crippen LogP contribution < -0.4 is 5.73 Å². The number of hydrogen-bond donors (Lipinski definition) is 1. The van der Waals surface area contributed by atoms with E-state index in [2.05, 4.69) is 0 Å². The molecule has 0 aromatic heterocycles. The second-order valence-corrected chi connectivity index (χ2v) is 5.55. The minimum Gasteiger partial charge on any atom is -0.330 e. The Bertz CT molecular complexity index is 431. The molecule has 1 aromatic carbocycles. The van der Waals surface area contributed by atoms with Crippen LogP contribution in [0, 0.1) is 6.92 Å². The molecule has 0 atom stereocenters. The molecule has 0 amide bonds. The molecule has 0 aliphatic rings. The van der Waals surface area contributed by atoms with Crippen LogP contribution in [0.4, 0.5) is 0 Å². The Hall–Kier alpha value is -0.620. The monoisotopic (exact) mass is 293 g/mol. The van der Waals surface area contributed by atoms with E-state index >= 15 is 0 Å². The summed E-state index contributed by atoms with van der Waals surface area (Å²) in [5.74, 6) is 0. The van der Waals surface area contributed by atoms with Gasteiger partial charge in [-0.2, -0.15) is 8.42 Å². The summed E-state index contributed by atoms with van der Waals surface area (Å²) in [5.41, 5.74) is 6.36. The zero-order valence-corrected chi connectivity index (χ0v) is 12.1. The molecule has 6 heteroatoms. The molecule has 0 aliphatic heterocycles. The molecule has 4 nitrogen and oxygen atoms in total. The van der Waals surface area contributed by atoms with Gasteiger partial charge in [0.15, 0.2) is 0 Å². The standard InChI is InChI=1S/C12H19NO3S.ClH/c1-11-5-7-12(8-6-11)17(14,15)16-10-4-2-3-9-13;/h5-8H,2-4,9-10,13H2,1H3;1H. The van der Waals surface area contributed by atoms with E-state index in [1.54, 1.807) is 24.3 Å². The van der Waals surface area contributed by atoms with Crippen LogP contribution in [0.5, 0.6) is 0 Å². The van der Waals surface area contributed by atoms with Gasteiger partial charge in [-0.05, 0) is 44.9 Å². The third kappa shape index (κ3) is 5.82. The van der Waals surface area contributed by atoms with E-state index in [9.17, 15) is 8.42 Å². The molecule has 0 radical (unpaired) electrons. The van der Waals surface area contributed by atoms with Crippen molar-refractivity contribution >= 4 is 22.5 Å². The highest BCUT2D eigenvalue weighted by atomic mass is 35.5. The van der Waals surface area contributed by atoms with Crippen molar-refractivity contribution in [2.24, 2.45) is 5.73 Å². The van der Waals surface area contributed by atoms with Gasteiger partial charge in [-0.1, -0.05) is 17.7 Å². The van der Waals surface area contributed by atoms with Crippen molar-refractivity contribution in [3.63, 3.8) is 0 Å². The van der Waals surface area contributed by atoms with Crippen LogP contribution in [0.15, 0.2) is 29.2 Å². The smallest absolute Gasteiger partial charge is 0.296 e. The third-order valence-electron chi connectivity index (χ3n) is 2.40. The van der Waals surface area contributed by atoms with E-state index in [4.69, 9.17) is 9.92 Å². The summed E-state index contributed by atoms with van der Waals surface area (Å²) >= 11 is 0. The molecule has 0 saturated carbocycles. The maximum atomic E-state index is 11.7. The van der Waals surface area contributed by atoms with Crippen LogP contribution in [0.1, 0.15) is 24.8 Å². The first-order chi connectivity index (χ1) is 8.06. The highest BCUT2D eigenvalue weighted by molar-refractivity contribution is 7.86. The first-order valence-corrected chi connectivity index (χ1v) is 7.13. The lowest BCUT2D eigenvalue weighted by Crippen LogP contribution is -2.08. The van der Waals surface area contributed by atoms with Crippen molar-refractivity contribution < 1.29 is 12.6 Å². The molecular weight excluding hydrogens is 274 g/mol. The summed E-state index contributed by atoms with van der Waals surface area (Å²) in [6, 6.07) is 6.63. The summed E-state index contributed by atoms with van der Waals surface area (Å²) in [4.78, 5) is 0.210. The van der Waals surface area contributed by atoms with E-state index in [1.807, 2.05) is 6.92 Å². The third-order valence-corrected chi connectivity index (χ3v) is 3.72. The van der Waals surface area contributed by atoms with Gasteiger partial charge in [-0.15, -0.1) is 12.4 Å². The summed E-state index contributed by atoms with van der Waals surface area (Å²) in [6.07, 6.45) is 2.50. The highest BCUT2D eigenvalue weighted by Crippen LogP contribution is 2.13. The maximum Gasteiger partial charge on any atom is 0.296 e. The molecule has 0 spiro atoms. The first kappa shape index (κ1) is 17.4. The minimum atomic E-state index is -3.60. The topological polar surface area (TPSA) is 69.4 Å². The zero-order chi connectivity index (χ0) is 12.7. The van der Waals surface area contributed by atoms with Crippen molar-refractivity contribution in [1.82, 2.24) is 0 Å². The molecule has 18 heavy (non-hydrogen) atoms. The minimum absolute atomic E-state index is 0. The Labute approximate surface area is 115 Å². The molecule has 0 heterocycles. The van der Waals surface area contributed by atoms with Gasteiger partial charge in [0.1, 0.15) is 0 Å². The summed E-state index contributed by atoms with van der Waals surface area (Å²) in [7, 11) is -3.60. The number of aryl methyl sites for hydroxylation is 1. The number of halogens is 1. The van der Waals surface area contributed by atoms with Crippen LogP contribution in [0.25, 0.3) is 0 Å². The lowest BCUT2D eigenvalue weighted by Gasteiger charge is -2.05. The van der Waals surface area contributed by atoms with Crippen molar-refractivity contribution in [1.29, 1.82) is 0 Å².